The van der Waals surface area contributed by atoms with Crippen LogP contribution >= 0.6 is 0 Å². The molecule has 2 heterocycles. The van der Waals surface area contributed by atoms with Gasteiger partial charge in [-0.2, -0.15) is 4.31 Å². The predicted octanol–water partition coefficient (Wildman–Crippen LogP) is 3.57. The van der Waals surface area contributed by atoms with Crippen LogP contribution < -0.4 is 15.4 Å². The number of halogens is 3. The third kappa shape index (κ3) is 6.87. The molecule has 1 aromatic heterocycles. The van der Waals surface area contributed by atoms with Crippen molar-refractivity contribution in [1.82, 2.24) is 19.5 Å². The van der Waals surface area contributed by atoms with E-state index >= 15 is 0 Å². The predicted molar refractivity (Wildman–Crippen MR) is 132 cm³/mol. The van der Waals surface area contributed by atoms with Crippen molar-refractivity contribution < 1.29 is 31.1 Å². The van der Waals surface area contributed by atoms with Crippen molar-refractivity contribution in [2.75, 3.05) is 44.6 Å². The molecular formula is C24H26F3N5O4S. The number of urea groups is 1. The van der Waals surface area contributed by atoms with E-state index in [4.69, 9.17) is 0 Å². The Bertz CT molecular complexity index is 1360. The molecule has 0 aliphatic carbocycles. The highest BCUT2D eigenvalue weighted by Crippen LogP contribution is 2.26. The van der Waals surface area contributed by atoms with Crippen molar-refractivity contribution in [2.24, 2.45) is 0 Å². The van der Waals surface area contributed by atoms with Gasteiger partial charge in [0.1, 0.15) is 5.75 Å². The average Bonchev–Trinajstić information content (AvgIpc) is 2.83. The third-order valence-corrected chi connectivity index (χ3v) is 7.75. The van der Waals surface area contributed by atoms with Gasteiger partial charge in [-0.15, -0.1) is 13.2 Å². The van der Waals surface area contributed by atoms with Crippen LogP contribution in [0.15, 0.2) is 59.5 Å². The van der Waals surface area contributed by atoms with Gasteiger partial charge in [0.15, 0.2) is 0 Å². The van der Waals surface area contributed by atoms with Crippen LogP contribution in [-0.4, -0.2) is 74.3 Å². The monoisotopic (exact) mass is 537 g/mol. The molecule has 37 heavy (non-hydrogen) atoms. The van der Waals surface area contributed by atoms with Gasteiger partial charge in [0.2, 0.25) is 10.0 Å². The Kier molecular flexibility index (Phi) is 7.85. The molecule has 0 spiro atoms. The summed E-state index contributed by atoms with van der Waals surface area (Å²) in [6, 6.07) is 13.1. The summed E-state index contributed by atoms with van der Waals surface area (Å²) in [6.07, 6.45) is -4.85. The lowest BCUT2D eigenvalue weighted by molar-refractivity contribution is -0.274. The number of nitrogens with zero attached hydrogens (tertiary/aromatic N) is 3. The Morgan fingerprint density at radius 3 is 2.41 bits per heavy atom. The van der Waals surface area contributed by atoms with E-state index in [1.807, 2.05) is 36.1 Å². The molecular weight excluding hydrogens is 511 g/mol. The molecule has 9 nitrogen and oxygen atoms in total. The fraction of sp³-hybridized carbons (Fsp3) is 0.333. The molecule has 13 heteroatoms. The molecule has 3 aromatic rings. The van der Waals surface area contributed by atoms with Crippen molar-refractivity contribution in [1.29, 1.82) is 0 Å². The standard InChI is InChI=1S/C24H26F3N5O4S/c1-17-16-22(20-4-2-3-5-21(20)29-17)30-23(33)28-10-11-31-12-14-32(15-13-31)37(34,35)19-8-6-18(7-9-19)36-24(25,26)27/h2-9,16H,10-15H2,1H3,(H2,28,29,30,33). The van der Waals surface area contributed by atoms with Crippen molar-refractivity contribution >= 4 is 32.6 Å². The number of sulfonamides is 1. The quantitative estimate of drug-likeness (QED) is 0.478. The van der Waals surface area contributed by atoms with Gasteiger partial charge in [0, 0.05) is 50.3 Å². The average molecular weight is 538 g/mol. The Hall–Kier alpha value is -3.42. The Morgan fingerprint density at radius 2 is 1.73 bits per heavy atom. The van der Waals surface area contributed by atoms with Crippen molar-refractivity contribution in [3.63, 3.8) is 0 Å². The number of anilines is 1. The van der Waals surface area contributed by atoms with Gasteiger partial charge >= 0.3 is 12.4 Å². The maximum absolute atomic E-state index is 12.9. The molecule has 0 atom stereocenters. The summed E-state index contributed by atoms with van der Waals surface area (Å²) in [6.45, 7) is 4.09. The number of aromatic nitrogens is 1. The van der Waals surface area contributed by atoms with Gasteiger partial charge in [-0.1, -0.05) is 18.2 Å². The highest BCUT2D eigenvalue weighted by atomic mass is 32.2. The largest absolute Gasteiger partial charge is 0.573 e. The zero-order chi connectivity index (χ0) is 26.6. The first-order valence-corrected chi connectivity index (χ1v) is 12.9. The minimum Gasteiger partial charge on any atom is -0.406 e. The number of benzene rings is 2. The minimum absolute atomic E-state index is 0.104. The number of piperazine rings is 1. The second kappa shape index (κ2) is 10.9. The van der Waals surface area contributed by atoms with Crippen LogP contribution in [0.5, 0.6) is 5.75 Å². The number of para-hydroxylation sites is 1. The molecule has 0 saturated carbocycles. The number of fused-ring (bicyclic) bond motifs is 1. The smallest absolute Gasteiger partial charge is 0.406 e. The van der Waals surface area contributed by atoms with Crippen LogP contribution in [0.1, 0.15) is 5.69 Å². The molecule has 2 N–H and O–H groups in total. The molecule has 0 bridgehead atoms. The minimum atomic E-state index is -4.85. The summed E-state index contributed by atoms with van der Waals surface area (Å²) in [4.78, 5) is 18.8. The lowest BCUT2D eigenvalue weighted by Gasteiger charge is -2.34. The summed E-state index contributed by atoms with van der Waals surface area (Å²) in [7, 11) is -3.85. The number of nitrogens with one attached hydrogen (secondary N) is 2. The van der Waals surface area contributed by atoms with Crippen molar-refractivity contribution in [3.8, 4) is 5.75 Å². The first-order chi connectivity index (χ1) is 17.5. The van der Waals surface area contributed by atoms with Gasteiger partial charge in [-0.3, -0.25) is 9.88 Å². The summed E-state index contributed by atoms with van der Waals surface area (Å²) in [5.41, 5.74) is 2.24. The second-order valence-corrected chi connectivity index (χ2v) is 10.4. The molecule has 1 aliphatic heterocycles. The lowest BCUT2D eigenvalue weighted by atomic mass is 10.1. The molecule has 0 radical (unpaired) electrons. The third-order valence-electron chi connectivity index (χ3n) is 5.83. The zero-order valence-corrected chi connectivity index (χ0v) is 20.8. The fourth-order valence-corrected chi connectivity index (χ4v) is 5.48. The van der Waals surface area contributed by atoms with E-state index in [1.165, 1.54) is 4.31 Å². The summed E-state index contributed by atoms with van der Waals surface area (Å²) in [5, 5.41) is 6.51. The van der Waals surface area contributed by atoms with Crippen LogP contribution in [0.25, 0.3) is 10.9 Å². The number of hydrogen-bond acceptors (Lipinski definition) is 6. The van der Waals surface area contributed by atoms with Crippen LogP contribution in [-0.2, 0) is 10.0 Å². The normalized spacial score (nSPS) is 15.5. The van der Waals surface area contributed by atoms with Crippen LogP contribution in [0.3, 0.4) is 0 Å². The van der Waals surface area contributed by atoms with Crippen LogP contribution in [0.4, 0.5) is 23.7 Å². The van der Waals surface area contributed by atoms with Gasteiger partial charge in [-0.05, 0) is 43.3 Å². The molecule has 2 amide bonds. The number of rotatable bonds is 7. The Labute approximate surface area is 212 Å². The van der Waals surface area contributed by atoms with Gasteiger partial charge < -0.3 is 15.4 Å². The van der Waals surface area contributed by atoms with E-state index in [-0.39, 0.29) is 24.0 Å². The number of aryl methyl sites for hydroxylation is 1. The van der Waals surface area contributed by atoms with E-state index in [2.05, 4.69) is 20.4 Å². The summed E-state index contributed by atoms with van der Waals surface area (Å²) >= 11 is 0. The lowest BCUT2D eigenvalue weighted by Crippen LogP contribution is -2.50. The Balaban J connectivity index is 1.24. The molecule has 2 aromatic carbocycles. The number of hydrogen-bond donors (Lipinski definition) is 2. The topological polar surface area (TPSA) is 104 Å². The zero-order valence-electron chi connectivity index (χ0n) is 20.0. The second-order valence-electron chi connectivity index (χ2n) is 8.47. The number of alkyl halides is 3. The number of ether oxygens (including phenoxy) is 1. The first kappa shape index (κ1) is 26.6. The molecule has 1 saturated heterocycles. The molecule has 0 unspecified atom stereocenters. The summed E-state index contributed by atoms with van der Waals surface area (Å²) in [5.74, 6) is -0.486. The van der Waals surface area contributed by atoms with Crippen molar-refractivity contribution in [3.05, 3.63) is 60.3 Å². The highest BCUT2D eigenvalue weighted by molar-refractivity contribution is 7.89. The van der Waals surface area contributed by atoms with Crippen LogP contribution in [0.2, 0.25) is 0 Å². The van der Waals surface area contributed by atoms with E-state index in [1.54, 1.807) is 6.07 Å². The molecule has 198 valence electrons. The van der Waals surface area contributed by atoms with E-state index in [9.17, 15) is 26.4 Å². The summed E-state index contributed by atoms with van der Waals surface area (Å²) < 4.78 is 67.8. The molecule has 4 rings (SSSR count). The highest BCUT2D eigenvalue weighted by Gasteiger charge is 2.32. The molecule has 1 fully saturated rings. The van der Waals surface area contributed by atoms with Gasteiger partial charge in [0.25, 0.3) is 0 Å². The van der Waals surface area contributed by atoms with Gasteiger partial charge in [0.05, 0.1) is 16.1 Å². The number of amides is 2. The molecule has 1 aliphatic rings. The van der Waals surface area contributed by atoms with E-state index in [0.29, 0.717) is 31.9 Å². The van der Waals surface area contributed by atoms with Crippen molar-refractivity contribution in [2.45, 2.75) is 18.2 Å². The SMILES string of the molecule is Cc1cc(NC(=O)NCCN2CCN(S(=O)(=O)c3ccc(OC(F)(F)F)cc3)CC2)c2ccccc2n1. The number of pyridine rings is 1. The number of carbonyl (C=O) groups excluding carboxylic acids is 1. The van der Waals surface area contributed by atoms with E-state index in [0.717, 1.165) is 40.9 Å². The van der Waals surface area contributed by atoms with Gasteiger partial charge in [-0.25, -0.2) is 13.2 Å². The van der Waals surface area contributed by atoms with E-state index < -0.39 is 22.1 Å². The first-order valence-electron chi connectivity index (χ1n) is 11.5. The number of carbonyl (C=O) groups is 1. The maximum Gasteiger partial charge on any atom is 0.573 e. The fourth-order valence-electron chi connectivity index (χ4n) is 4.06. The Morgan fingerprint density at radius 1 is 1.05 bits per heavy atom. The maximum atomic E-state index is 12.9. The van der Waals surface area contributed by atoms with Crippen LogP contribution in [0, 0.1) is 6.92 Å².